The van der Waals surface area contributed by atoms with E-state index in [0.29, 0.717) is 12.6 Å². The molecule has 6 heteroatoms. The first kappa shape index (κ1) is 14.9. The molecule has 1 aliphatic carbocycles. The third-order valence-corrected chi connectivity index (χ3v) is 5.10. The van der Waals surface area contributed by atoms with Crippen LogP contribution in [0.5, 0.6) is 0 Å². The number of piperazine rings is 1. The zero-order valence-electron chi connectivity index (χ0n) is 12.7. The zero-order valence-corrected chi connectivity index (χ0v) is 13.5. The molecule has 116 valence electrons. The van der Waals surface area contributed by atoms with Crippen LogP contribution in [0.1, 0.15) is 30.5 Å². The maximum Gasteiger partial charge on any atom is 0.234 e. The molecule has 5 nitrogen and oxygen atoms in total. The van der Waals surface area contributed by atoms with E-state index in [4.69, 9.17) is 0 Å². The number of aryl methyl sites for hydroxylation is 1. The number of carbonyl (C=O) groups excluding carboxylic acids is 1. The molecule has 0 bridgehead atoms. The molecule has 1 amide bonds. The minimum absolute atomic E-state index is 0.193. The molecule has 1 aromatic rings. The van der Waals surface area contributed by atoms with Crippen LogP contribution in [0.3, 0.4) is 0 Å². The van der Waals surface area contributed by atoms with Crippen LogP contribution in [0.2, 0.25) is 0 Å². The minimum Gasteiger partial charge on any atom is -0.352 e. The summed E-state index contributed by atoms with van der Waals surface area (Å²) >= 11 is 1.76. The summed E-state index contributed by atoms with van der Waals surface area (Å²) in [4.78, 5) is 21.1. The molecule has 1 N–H and O–H groups in total. The van der Waals surface area contributed by atoms with Crippen molar-refractivity contribution < 1.29 is 4.79 Å². The molecule has 1 saturated carbocycles. The molecule has 1 aromatic heterocycles. The summed E-state index contributed by atoms with van der Waals surface area (Å²) in [6.45, 7) is 7.64. The summed E-state index contributed by atoms with van der Waals surface area (Å²) in [5.41, 5.74) is 1.19. The van der Waals surface area contributed by atoms with Crippen LogP contribution in [0.25, 0.3) is 0 Å². The van der Waals surface area contributed by atoms with Crippen LogP contribution in [-0.2, 0) is 17.8 Å². The number of aromatic nitrogens is 1. The Morgan fingerprint density at radius 2 is 2.05 bits per heavy atom. The van der Waals surface area contributed by atoms with Gasteiger partial charge in [-0.15, -0.1) is 11.3 Å². The highest BCUT2D eigenvalue weighted by Gasteiger charge is 2.25. The van der Waals surface area contributed by atoms with Crippen molar-refractivity contribution in [2.45, 2.75) is 38.8 Å². The third-order valence-electron chi connectivity index (χ3n) is 4.06. The Bertz CT molecular complexity index is 478. The van der Waals surface area contributed by atoms with Crippen molar-refractivity contribution >= 4 is 17.2 Å². The summed E-state index contributed by atoms with van der Waals surface area (Å²) < 4.78 is 0. The third kappa shape index (κ3) is 4.49. The van der Waals surface area contributed by atoms with Crippen LogP contribution >= 0.6 is 11.3 Å². The zero-order chi connectivity index (χ0) is 14.7. The molecular weight excluding hydrogens is 284 g/mol. The highest BCUT2D eigenvalue weighted by molar-refractivity contribution is 7.09. The van der Waals surface area contributed by atoms with Crippen LogP contribution in [0.15, 0.2) is 5.38 Å². The molecule has 1 saturated heterocycles. The quantitative estimate of drug-likeness (QED) is 0.855. The molecule has 3 rings (SSSR count). The lowest BCUT2D eigenvalue weighted by molar-refractivity contribution is -0.122. The van der Waals surface area contributed by atoms with Gasteiger partial charge in [0.25, 0.3) is 0 Å². The molecule has 2 heterocycles. The van der Waals surface area contributed by atoms with Crippen molar-refractivity contribution in [1.82, 2.24) is 20.1 Å². The lowest BCUT2D eigenvalue weighted by atomic mass is 10.3. The van der Waals surface area contributed by atoms with E-state index in [-0.39, 0.29) is 5.91 Å². The van der Waals surface area contributed by atoms with E-state index in [1.165, 1.54) is 10.7 Å². The summed E-state index contributed by atoms with van der Waals surface area (Å²) in [5, 5.41) is 6.46. The molecule has 2 aliphatic rings. The Morgan fingerprint density at radius 3 is 2.67 bits per heavy atom. The molecule has 0 radical (unpaired) electrons. The summed E-state index contributed by atoms with van der Waals surface area (Å²) in [7, 11) is 0. The molecule has 2 fully saturated rings. The summed E-state index contributed by atoms with van der Waals surface area (Å²) in [6, 6.07) is 0.469. The standard InChI is InChI=1S/C15H24N4OS/c1-2-15-17-13(11-21-15)9-18-5-7-19(8-6-18)10-14(20)16-12-3-4-12/h11-12H,2-10H2,1H3,(H,16,20). The van der Waals surface area contributed by atoms with Crippen molar-refractivity contribution in [3.63, 3.8) is 0 Å². The van der Waals surface area contributed by atoms with Gasteiger partial charge in [-0.05, 0) is 19.3 Å². The van der Waals surface area contributed by atoms with Gasteiger partial charge in [-0.3, -0.25) is 14.6 Å². The molecule has 21 heavy (non-hydrogen) atoms. The minimum atomic E-state index is 0.193. The van der Waals surface area contributed by atoms with Gasteiger partial charge in [-0.2, -0.15) is 0 Å². The Balaban J connectivity index is 1.38. The van der Waals surface area contributed by atoms with Crippen molar-refractivity contribution in [1.29, 1.82) is 0 Å². The second-order valence-electron chi connectivity index (χ2n) is 5.98. The molecule has 0 aromatic carbocycles. The maximum absolute atomic E-state index is 11.8. The monoisotopic (exact) mass is 308 g/mol. The molecule has 0 spiro atoms. The summed E-state index contributed by atoms with van der Waals surface area (Å²) in [6.07, 6.45) is 3.34. The summed E-state index contributed by atoms with van der Waals surface area (Å²) in [5.74, 6) is 0.193. The Morgan fingerprint density at radius 1 is 1.33 bits per heavy atom. The fourth-order valence-corrected chi connectivity index (χ4v) is 3.36. The fraction of sp³-hybridized carbons (Fsp3) is 0.733. The SMILES string of the molecule is CCc1nc(CN2CCN(CC(=O)NC3CC3)CC2)cs1. The van der Waals surface area contributed by atoms with Crippen LogP contribution in [-0.4, -0.2) is 59.5 Å². The van der Waals surface area contributed by atoms with Crippen molar-refractivity contribution in [2.24, 2.45) is 0 Å². The number of carbonyl (C=O) groups is 1. The first-order valence-corrected chi connectivity index (χ1v) is 8.78. The molecule has 0 unspecified atom stereocenters. The smallest absolute Gasteiger partial charge is 0.234 e. The second kappa shape index (κ2) is 6.85. The number of hydrogen-bond donors (Lipinski definition) is 1. The number of nitrogens with zero attached hydrogens (tertiary/aromatic N) is 3. The average Bonchev–Trinajstić information content (AvgIpc) is 3.17. The van der Waals surface area contributed by atoms with Gasteiger partial charge >= 0.3 is 0 Å². The molecular formula is C15H24N4OS. The van der Waals surface area contributed by atoms with E-state index in [1.807, 2.05) is 0 Å². The van der Waals surface area contributed by atoms with Gasteiger partial charge < -0.3 is 5.32 Å². The number of thiazole rings is 1. The lowest BCUT2D eigenvalue weighted by Crippen LogP contribution is -2.49. The van der Waals surface area contributed by atoms with E-state index in [0.717, 1.165) is 52.0 Å². The van der Waals surface area contributed by atoms with Crippen molar-refractivity contribution in [3.8, 4) is 0 Å². The van der Waals surface area contributed by atoms with Gasteiger partial charge in [0.15, 0.2) is 0 Å². The maximum atomic E-state index is 11.8. The lowest BCUT2D eigenvalue weighted by Gasteiger charge is -2.33. The highest BCUT2D eigenvalue weighted by atomic mass is 32.1. The molecule has 0 atom stereocenters. The second-order valence-corrected chi connectivity index (χ2v) is 6.92. The van der Waals surface area contributed by atoms with Crippen LogP contribution in [0.4, 0.5) is 0 Å². The molecule has 1 aliphatic heterocycles. The normalized spacial score (nSPS) is 20.6. The van der Waals surface area contributed by atoms with Crippen molar-refractivity contribution in [3.05, 3.63) is 16.1 Å². The van der Waals surface area contributed by atoms with E-state index in [2.05, 4.69) is 32.4 Å². The first-order valence-electron chi connectivity index (χ1n) is 7.90. The van der Waals surface area contributed by atoms with Gasteiger partial charge in [-0.1, -0.05) is 6.92 Å². The van der Waals surface area contributed by atoms with Gasteiger partial charge in [0, 0.05) is 44.1 Å². The Kier molecular flexibility index (Phi) is 4.87. The van der Waals surface area contributed by atoms with E-state index < -0.39 is 0 Å². The van der Waals surface area contributed by atoms with Crippen LogP contribution in [0, 0.1) is 0 Å². The predicted molar refractivity (Wildman–Crippen MR) is 84.4 cm³/mol. The largest absolute Gasteiger partial charge is 0.352 e. The van der Waals surface area contributed by atoms with E-state index >= 15 is 0 Å². The Labute approximate surface area is 130 Å². The number of amides is 1. The van der Waals surface area contributed by atoms with Crippen molar-refractivity contribution in [2.75, 3.05) is 32.7 Å². The van der Waals surface area contributed by atoms with Crippen LogP contribution < -0.4 is 5.32 Å². The average molecular weight is 308 g/mol. The first-order chi connectivity index (χ1) is 10.2. The fourth-order valence-electron chi connectivity index (χ4n) is 2.62. The van der Waals surface area contributed by atoms with Gasteiger partial charge in [0.05, 0.1) is 17.2 Å². The van der Waals surface area contributed by atoms with E-state index in [9.17, 15) is 4.79 Å². The van der Waals surface area contributed by atoms with Gasteiger partial charge in [0.1, 0.15) is 0 Å². The topological polar surface area (TPSA) is 48.5 Å². The van der Waals surface area contributed by atoms with Gasteiger partial charge in [-0.25, -0.2) is 4.98 Å². The van der Waals surface area contributed by atoms with Gasteiger partial charge in [0.2, 0.25) is 5.91 Å². The highest BCUT2D eigenvalue weighted by Crippen LogP contribution is 2.18. The Hall–Kier alpha value is -0.980. The number of hydrogen-bond acceptors (Lipinski definition) is 5. The number of nitrogens with one attached hydrogen (secondary N) is 1. The van der Waals surface area contributed by atoms with E-state index in [1.54, 1.807) is 11.3 Å². The number of rotatable bonds is 6. The predicted octanol–water partition coefficient (Wildman–Crippen LogP) is 1.10.